The van der Waals surface area contributed by atoms with Gasteiger partial charge in [-0.1, -0.05) is 6.92 Å². The first-order valence-corrected chi connectivity index (χ1v) is 8.70. The highest BCUT2D eigenvalue weighted by Crippen LogP contribution is 2.26. The van der Waals surface area contributed by atoms with E-state index in [1.165, 1.54) is 12.1 Å². The van der Waals surface area contributed by atoms with E-state index in [1.807, 2.05) is 24.0 Å². The van der Waals surface area contributed by atoms with Crippen molar-refractivity contribution in [2.24, 2.45) is 0 Å². The quantitative estimate of drug-likeness (QED) is 0.454. The van der Waals surface area contributed by atoms with Crippen LogP contribution in [0.25, 0.3) is 0 Å². The van der Waals surface area contributed by atoms with Crippen LogP contribution in [0.15, 0.2) is 24.3 Å². The van der Waals surface area contributed by atoms with Gasteiger partial charge in [-0.3, -0.25) is 4.48 Å². The van der Waals surface area contributed by atoms with Crippen molar-refractivity contribution in [2.45, 2.75) is 26.2 Å². The number of unbranched alkanes of at least 4 members (excludes halogenated alkanes) is 1. The lowest BCUT2D eigenvalue weighted by atomic mass is 10.1. The molecule has 0 radical (unpaired) electrons. The molecule has 1 aliphatic rings. The molecule has 0 aromatic heterocycles. The second-order valence-electron chi connectivity index (χ2n) is 6.32. The van der Waals surface area contributed by atoms with Crippen molar-refractivity contribution in [3.63, 3.8) is 0 Å². The molecule has 0 bridgehead atoms. The Kier molecular flexibility index (Phi) is 8.86. The maximum Gasteiger partial charge on any atom is 0.317 e. The number of carbonyl (C=O) groups is 2. The van der Waals surface area contributed by atoms with Crippen LogP contribution in [0.1, 0.15) is 26.2 Å². The molecule has 2 rings (SSSR count). The summed E-state index contributed by atoms with van der Waals surface area (Å²) in [5.41, 5.74) is 1.05. The van der Waals surface area contributed by atoms with Crippen molar-refractivity contribution < 1.29 is 14.0 Å². The van der Waals surface area contributed by atoms with Gasteiger partial charge in [-0.2, -0.15) is 0 Å². The third-order valence-electron chi connectivity index (χ3n) is 4.69. The van der Waals surface area contributed by atoms with E-state index < -0.39 is 0 Å². The number of halogens is 2. The molecule has 1 saturated heterocycles. The SMILES string of the molecule is CCCNC(=O)N1CC[N+](CCCC=O)(c2ccc(F)cc2)CC1.Cl. The summed E-state index contributed by atoms with van der Waals surface area (Å²) in [6, 6.07) is 6.60. The minimum absolute atomic E-state index is 0. The van der Waals surface area contributed by atoms with E-state index in [0.29, 0.717) is 30.5 Å². The maximum atomic E-state index is 13.3. The van der Waals surface area contributed by atoms with Gasteiger partial charge in [0.25, 0.3) is 0 Å². The molecule has 1 fully saturated rings. The fourth-order valence-electron chi connectivity index (χ4n) is 3.24. The number of nitrogens with one attached hydrogen (secondary N) is 1. The number of hydrogen-bond donors (Lipinski definition) is 1. The molecule has 1 aliphatic heterocycles. The largest absolute Gasteiger partial charge is 0.338 e. The van der Waals surface area contributed by atoms with Gasteiger partial charge in [-0.05, 0) is 18.6 Å². The van der Waals surface area contributed by atoms with Gasteiger partial charge >= 0.3 is 6.03 Å². The molecular weight excluding hydrogens is 345 g/mol. The number of rotatable bonds is 7. The lowest BCUT2D eigenvalue weighted by Crippen LogP contribution is -2.63. The van der Waals surface area contributed by atoms with Crippen LogP contribution in [0.2, 0.25) is 0 Å². The molecule has 0 saturated carbocycles. The van der Waals surface area contributed by atoms with E-state index in [2.05, 4.69) is 5.32 Å². The van der Waals surface area contributed by atoms with Crippen molar-refractivity contribution in [3.8, 4) is 0 Å². The predicted octanol–water partition coefficient (Wildman–Crippen LogP) is 2.97. The van der Waals surface area contributed by atoms with Crippen molar-refractivity contribution >= 4 is 30.4 Å². The Morgan fingerprint density at radius 1 is 1.28 bits per heavy atom. The zero-order chi connectivity index (χ0) is 17.4. The Bertz CT molecular complexity index is 546. The molecule has 0 aliphatic carbocycles. The van der Waals surface area contributed by atoms with Crippen molar-refractivity contribution in [3.05, 3.63) is 30.1 Å². The summed E-state index contributed by atoms with van der Waals surface area (Å²) in [4.78, 5) is 24.6. The first-order chi connectivity index (χ1) is 11.6. The van der Waals surface area contributed by atoms with E-state index >= 15 is 0 Å². The molecule has 1 heterocycles. The summed E-state index contributed by atoms with van der Waals surface area (Å²) in [5, 5.41) is 2.91. The Morgan fingerprint density at radius 2 is 1.92 bits per heavy atom. The van der Waals surface area contributed by atoms with Gasteiger partial charge in [0.15, 0.2) is 0 Å². The van der Waals surface area contributed by atoms with Crippen LogP contribution < -0.4 is 9.80 Å². The Morgan fingerprint density at radius 3 is 2.48 bits per heavy atom. The number of aldehydes is 1. The number of piperazine rings is 1. The van der Waals surface area contributed by atoms with Gasteiger partial charge in [0.2, 0.25) is 0 Å². The van der Waals surface area contributed by atoms with Crippen LogP contribution in [0.3, 0.4) is 0 Å². The highest BCUT2D eigenvalue weighted by Gasteiger charge is 2.36. The van der Waals surface area contributed by atoms with E-state index in [1.54, 1.807) is 0 Å². The molecule has 5 nitrogen and oxygen atoms in total. The lowest BCUT2D eigenvalue weighted by Gasteiger charge is -2.44. The molecule has 0 spiro atoms. The minimum atomic E-state index is -0.248. The van der Waals surface area contributed by atoms with Gasteiger partial charge in [0, 0.05) is 31.5 Å². The van der Waals surface area contributed by atoms with Crippen LogP contribution in [0, 0.1) is 5.82 Å². The number of benzene rings is 1. The van der Waals surface area contributed by atoms with Gasteiger partial charge in [0.05, 0.1) is 19.6 Å². The maximum absolute atomic E-state index is 13.3. The second-order valence-corrected chi connectivity index (χ2v) is 6.32. The van der Waals surface area contributed by atoms with E-state index in [-0.39, 0.29) is 24.3 Å². The van der Waals surface area contributed by atoms with Crippen molar-refractivity contribution in [1.82, 2.24) is 14.7 Å². The van der Waals surface area contributed by atoms with Crippen LogP contribution in [-0.2, 0) is 4.79 Å². The standard InChI is InChI=1S/C18H26FN3O2.ClH/c1-2-9-20-18(24)21-10-13-22(14-11-21,12-3-4-15-23)17-7-5-16(19)6-8-17;/h5-8,15H,2-4,9-14H2,1H3;1H/p+1. The van der Waals surface area contributed by atoms with Crippen LogP contribution in [0.5, 0.6) is 0 Å². The van der Waals surface area contributed by atoms with Gasteiger partial charge in [0.1, 0.15) is 30.9 Å². The van der Waals surface area contributed by atoms with Crippen molar-refractivity contribution in [2.75, 3.05) is 39.3 Å². The smallest absolute Gasteiger partial charge is 0.317 e. The van der Waals surface area contributed by atoms with Crippen molar-refractivity contribution in [1.29, 1.82) is 0 Å². The first-order valence-electron chi connectivity index (χ1n) is 8.70. The highest BCUT2D eigenvalue weighted by molar-refractivity contribution is 5.85. The third-order valence-corrected chi connectivity index (χ3v) is 4.69. The number of amides is 2. The summed E-state index contributed by atoms with van der Waals surface area (Å²) in [5.74, 6) is -0.248. The average molecular weight is 373 g/mol. The average Bonchev–Trinajstić information content (AvgIpc) is 2.61. The molecule has 0 unspecified atom stereocenters. The molecule has 0 atom stereocenters. The van der Waals surface area contributed by atoms with E-state index in [9.17, 15) is 14.0 Å². The fourth-order valence-corrected chi connectivity index (χ4v) is 3.24. The normalized spacial score (nSPS) is 16.0. The zero-order valence-corrected chi connectivity index (χ0v) is 15.6. The Hall–Kier alpha value is -1.66. The summed E-state index contributed by atoms with van der Waals surface area (Å²) < 4.78 is 14.0. The first kappa shape index (κ1) is 21.4. The van der Waals surface area contributed by atoms with E-state index in [4.69, 9.17) is 0 Å². The monoisotopic (exact) mass is 372 g/mol. The molecule has 140 valence electrons. The fraction of sp³-hybridized carbons (Fsp3) is 0.556. The molecule has 1 aromatic rings. The number of hydrogen-bond acceptors (Lipinski definition) is 2. The Labute approximate surface area is 155 Å². The van der Waals surface area contributed by atoms with Crippen LogP contribution >= 0.6 is 12.4 Å². The number of nitrogens with zero attached hydrogens (tertiary/aromatic N) is 2. The molecule has 2 amide bonds. The Balaban J connectivity index is 0.00000312. The molecule has 1 aromatic carbocycles. The number of urea groups is 1. The molecular formula is C18H28ClFN3O2+. The summed E-state index contributed by atoms with van der Waals surface area (Å²) in [6.45, 7) is 6.43. The topological polar surface area (TPSA) is 49.4 Å². The summed E-state index contributed by atoms with van der Waals surface area (Å²) in [6.07, 6.45) is 3.18. The molecule has 25 heavy (non-hydrogen) atoms. The lowest BCUT2D eigenvalue weighted by molar-refractivity contribution is -0.108. The van der Waals surface area contributed by atoms with E-state index in [0.717, 1.165) is 44.4 Å². The zero-order valence-electron chi connectivity index (χ0n) is 14.7. The summed E-state index contributed by atoms with van der Waals surface area (Å²) >= 11 is 0. The highest BCUT2D eigenvalue weighted by atomic mass is 35.5. The van der Waals surface area contributed by atoms with Gasteiger partial charge < -0.3 is 15.0 Å². The minimum Gasteiger partial charge on any atom is -0.338 e. The van der Waals surface area contributed by atoms with Gasteiger partial charge in [-0.25, -0.2) is 9.18 Å². The molecule has 1 N–H and O–H groups in total. The third kappa shape index (κ3) is 5.68. The predicted molar refractivity (Wildman–Crippen MR) is 101 cm³/mol. The van der Waals surface area contributed by atoms with Crippen LogP contribution in [-0.4, -0.2) is 56.5 Å². The number of quaternary nitrogens is 1. The summed E-state index contributed by atoms with van der Waals surface area (Å²) in [7, 11) is 0. The second kappa shape index (κ2) is 10.4. The molecule has 7 heteroatoms. The van der Waals surface area contributed by atoms with Crippen LogP contribution in [0.4, 0.5) is 14.9 Å². The van der Waals surface area contributed by atoms with Gasteiger partial charge in [-0.15, -0.1) is 12.4 Å². The number of carbonyl (C=O) groups excluding carboxylic acids is 2.